The van der Waals surface area contributed by atoms with Gasteiger partial charge in [-0.3, -0.25) is 13.9 Å². The molecule has 2 aromatic heterocycles. The monoisotopic (exact) mass is 663 g/mol. The molecule has 0 fully saturated rings. The van der Waals surface area contributed by atoms with Crippen molar-refractivity contribution in [1.82, 2.24) is 19.1 Å². The summed E-state index contributed by atoms with van der Waals surface area (Å²) in [6.45, 7) is 9.50. The van der Waals surface area contributed by atoms with Crippen LogP contribution in [0.5, 0.6) is 0 Å². The topological polar surface area (TPSA) is 65.2 Å². The first-order valence-corrected chi connectivity index (χ1v) is 19.3. The summed E-state index contributed by atoms with van der Waals surface area (Å²) >= 11 is 0. The van der Waals surface area contributed by atoms with Gasteiger partial charge in [-0.2, -0.15) is 13.2 Å². The highest BCUT2D eigenvalue weighted by atomic mass is 28.3. The largest absolute Gasteiger partial charge is 0.419 e. The number of ether oxygens (including phenoxy) is 1. The second-order valence-electron chi connectivity index (χ2n) is 13.2. The molecular formula is C35H37F4N5O2Si. The Labute approximate surface area is 271 Å². The van der Waals surface area contributed by atoms with Gasteiger partial charge in [-0.1, -0.05) is 80.3 Å². The number of halogens is 4. The minimum Gasteiger partial charge on any atom is -0.361 e. The fourth-order valence-electron chi connectivity index (χ4n) is 6.11. The average molecular weight is 664 g/mol. The van der Waals surface area contributed by atoms with Crippen molar-refractivity contribution in [3.8, 4) is 0 Å². The van der Waals surface area contributed by atoms with E-state index in [0.717, 1.165) is 29.3 Å². The number of anilines is 1. The Morgan fingerprint density at radius 2 is 1.60 bits per heavy atom. The summed E-state index contributed by atoms with van der Waals surface area (Å²) < 4.78 is 64.9. The molecule has 0 aliphatic carbocycles. The molecule has 0 unspecified atom stereocenters. The molecule has 1 aliphatic heterocycles. The van der Waals surface area contributed by atoms with Gasteiger partial charge in [0.05, 0.1) is 34.9 Å². The summed E-state index contributed by atoms with van der Waals surface area (Å²) in [5.41, 5.74) is 1.80. The van der Waals surface area contributed by atoms with E-state index < -0.39 is 25.6 Å². The SMILES string of the molecule is Cc1nc2c(c(=O)n1C(c1ccccc1)c1ccccc1)CCN(c1nc3cc(C(F)(F)F)c(F)cc3n1COCC[Si](C)(C)C)C2. The minimum atomic E-state index is -4.86. The molecular weight excluding hydrogens is 626 g/mol. The summed E-state index contributed by atoms with van der Waals surface area (Å²) in [7, 11) is -1.41. The molecule has 47 heavy (non-hydrogen) atoms. The first-order valence-electron chi connectivity index (χ1n) is 15.6. The number of aryl methyl sites for hydroxylation is 1. The molecule has 0 saturated heterocycles. The van der Waals surface area contributed by atoms with Gasteiger partial charge in [-0.25, -0.2) is 14.4 Å². The van der Waals surface area contributed by atoms with Crippen LogP contribution in [0.15, 0.2) is 77.6 Å². The zero-order chi connectivity index (χ0) is 33.5. The van der Waals surface area contributed by atoms with Gasteiger partial charge in [-0.05, 0) is 36.6 Å². The van der Waals surface area contributed by atoms with Crippen LogP contribution in [-0.4, -0.2) is 40.3 Å². The van der Waals surface area contributed by atoms with Crippen LogP contribution in [0.1, 0.15) is 39.8 Å². The van der Waals surface area contributed by atoms with Crippen LogP contribution >= 0.6 is 0 Å². The Bertz CT molecular complexity index is 1910. The van der Waals surface area contributed by atoms with E-state index in [1.54, 1.807) is 9.13 Å². The van der Waals surface area contributed by atoms with Crippen LogP contribution in [-0.2, 0) is 30.6 Å². The van der Waals surface area contributed by atoms with Crippen molar-refractivity contribution in [2.45, 2.75) is 64.5 Å². The molecule has 0 amide bonds. The molecule has 246 valence electrons. The van der Waals surface area contributed by atoms with Gasteiger partial charge in [0.25, 0.3) is 5.56 Å². The molecule has 0 spiro atoms. The average Bonchev–Trinajstić information content (AvgIpc) is 3.37. The number of rotatable bonds is 9. The van der Waals surface area contributed by atoms with E-state index in [1.165, 1.54) is 0 Å². The van der Waals surface area contributed by atoms with Crippen molar-refractivity contribution in [2.75, 3.05) is 18.1 Å². The number of hydrogen-bond acceptors (Lipinski definition) is 5. The van der Waals surface area contributed by atoms with Gasteiger partial charge in [0.2, 0.25) is 5.95 Å². The molecule has 0 bridgehead atoms. The van der Waals surface area contributed by atoms with E-state index in [4.69, 9.17) is 9.72 Å². The van der Waals surface area contributed by atoms with Crippen molar-refractivity contribution in [3.05, 3.63) is 123 Å². The van der Waals surface area contributed by atoms with Gasteiger partial charge in [0.15, 0.2) is 0 Å². The van der Waals surface area contributed by atoms with Crippen molar-refractivity contribution in [2.24, 2.45) is 0 Å². The molecule has 6 rings (SSSR count). The molecule has 5 aromatic rings. The van der Waals surface area contributed by atoms with E-state index in [-0.39, 0.29) is 35.9 Å². The summed E-state index contributed by atoms with van der Waals surface area (Å²) in [5, 5.41) is 0. The molecule has 0 N–H and O–H groups in total. The summed E-state index contributed by atoms with van der Waals surface area (Å²) in [4.78, 5) is 25.6. The Morgan fingerprint density at radius 1 is 0.957 bits per heavy atom. The lowest BCUT2D eigenvalue weighted by Crippen LogP contribution is -2.40. The number of hydrogen-bond donors (Lipinski definition) is 0. The van der Waals surface area contributed by atoms with Gasteiger partial charge < -0.3 is 9.64 Å². The van der Waals surface area contributed by atoms with Crippen LogP contribution < -0.4 is 10.5 Å². The van der Waals surface area contributed by atoms with Crippen LogP contribution in [0.2, 0.25) is 25.7 Å². The third kappa shape index (κ3) is 6.75. The smallest absolute Gasteiger partial charge is 0.361 e. The van der Waals surface area contributed by atoms with Crippen molar-refractivity contribution in [3.63, 3.8) is 0 Å². The number of fused-ring (bicyclic) bond motifs is 2. The Hall–Kier alpha value is -4.29. The Balaban J connectivity index is 1.39. The predicted octanol–water partition coefficient (Wildman–Crippen LogP) is 7.57. The summed E-state index contributed by atoms with van der Waals surface area (Å²) in [5.74, 6) is -0.492. The molecule has 0 radical (unpaired) electrons. The van der Waals surface area contributed by atoms with Crippen LogP contribution in [0, 0.1) is 12.7 Å². The number of alkyl halides is 3. The van der Waals surface area contributed by atoms with Gasteiger partial charge in [0, 0.05) is 32.9 Å². The highest BCUT2D eigenvalue weighted by Gasteiger charge is 2.36. The van der Waals surface area contributed by atoms with Gasteiger partial charge >= 0.3 is 6.18 Å². The maximum absolute atomic E-state index is 14.8. The number of aromatic nitrogens is 4. The summed E-state index contributed by atoms with van der Waals surface area (Å²) in [6.07, 6.45) is -4.52. The van der Waals surface area contributed by atoms with E-state index >= 15 is 0 Å². The Kier molecular flexibility index (Phi) is 8.83. The molecule has 3 aromatic carbocycles. The van der Waals surface area contributed by atoms with Crippen LogP contribution in [0.3, 0.4) is 0 Å². The predicted molar refractivity (Wildman–Crippen MR) is 177 cm³/mol. The van der Waals surface area contributed by atoms with E-state index in [9.17, 15) is 22.4 Å². The van der Waals surface area contributed by atoms with Crippen molar-refractivity contribution in [1.29, 1.82) is 0 Å². The number of imidazole rings is 1. The van der Waals surface area contributed by atoms with Crippen LogP contribution in [0.4, 0.5) is 23.5 Å². The molecule has 1 aliphatic rings. The van der Waals surface area contributed by atoms with E-state index in [0.29, 0.717) is 42.6 Å². The van der Waals surface area contributed by atoms with E-state index in [1.807, 2.05) is 72.5 Å². The highest BCUT2D eigenvalue weighted by molar-refractivity contribution is 6.76. The quantitative estimate of drug-likeness (QED) is 0.0925. The zero-order valence-electron chi connectivity index (χ0n) is 26.8. The third-order valence-electron chi connectivity index (χ3n) is 8.55. The first kappa shape index (κ1) is 32.6. The molecule has 12 heteroatoms. The molecule has 0 saturated carbocycles. The van der Waals surface area contributed by atoms with E-state index in [2.05, 4.69) is 24.6 Å². The fraction of sp³-hybridized carbons (Fsp3) is 0.343. The second-order valence-corrected chi connectivity index (χ2v) is 18.8. The second kappa shape index (κ2) is 12.7. The van der Waals surface area contributed by atoms with Crippen LogP contribution in [0.25, 0.3) is 11.0 Å². The van der Waals surface area contributed by atoms with Crippen molar-refractivity contribution >= 4 is 25.1 Å². The number of benzene rings is 3. The lowest BCUT2D eigenvalue weighted by Gasteiger charge is -2.31. The van der Waals surface area contributed by atoms with Crippen molar-refractivity contribution < 1.29 is 22.3 Å². The van der Waals surface area contributed by atoms with Gasteiger partial charge in [0.1, 0.15) is 18.4 Å². The summed E-state index contributed by atoms with van der Waals surface area (Å²) in [6, 6.07) is 21.8. The van der Waals surface area contributed by atoms with Gasteiger partial charge in [-0.15, -0.1) is 0 Å². The number of nitrogens with zero attached hydrogens (tertiary/aromatic N) is 5. The lowest BCUT2D eigenvalue weighted by atomic mass is 9.97. The highest BCUT2D eigenvalue weighted by Crippen LogP contribution is 2.36. The zero-order valence-corrected chi connectivity index (χ0v) is 27.8. The Morgan fingerprint density at radius 3 is 2.19 bits per heavy atom. The molecule has 3 heterocycles. The first-order chi connectivity index (χ1) is 22.3. The lowest BCUT2D eigenvalue weighted by molar-refractivity contribution is -0.139. The minimum absolute atomic E-state index is 0.00560. The molecule has 0 atom stereocenters. The third-order valence-corrected chi connectivity index (χ3v) is 10.3. The maximum Gasteiger partial charge on any atom is 0.419 e. The fourth-order valence-corrected chi connectivity index (χ4v) is 6.87. The maximum atomic E-state index is 14.8. The molecule has 7 nitrogen and oxygen atoms in total. The normalized spacial score (nSPS) is 13.9. The standard InChI is InChI=1S/C35H37F4N5O2Si/c1-23-40-30-21-42(16-15-26(30)33(45)44(23)32(24-11-7-5-8-12-24)25-13-9-6-10-14-25)34-41-29-19-27(35(37,38)39)28(36)20-31(29)43(34)22-46-17-18-47(2,3)4/h5-14,19-20,32H,15-18,21-22H2,1-4H3.